The van der Waals surface area contributed by atoms with Crippen LogP contribution in [0.2, 0.25) is 0 Å². The van der Waals surface area contributed by atoms with Crippen LogP contribution in [0.5, 0.6) is 0 Å². The van der Waals surface area contributed by atoms with Crippen molar-refractivity contribution >= 4 is 17.8 Å². The molecule has 0 aromatic heterocycles. The Morgan fingerprint density at radius 2 is 2.31 bits per heavy atom. The zero-order valence-electron chi connectivity index (χ0n) is 8.37. The molecular formula is C8H10N2O6. The quantitative estimate of drug-likeness (QED) is 0.624. The van der Waals surface area contributed by atoms with Gasteiger partial charge in [-0.05, 0) is 6.08 Å². The Morgan fingerprint density at radius 3 is 2.88 bits per heavy atom. The molecule has 1 atom stereocenters. The summed E-state index contributed by atoms with van der Waals surface area (Å²) in [6.45, 7) is 0.588. The Balaban J connectivity index is 2.52. The van der Waals surface area contributed by atoms with E-state index in [9.17, 15) is 14.4 Å². The van der Waals surface area contributed by atoms with Crippen LogP contribution < -0.4 is 5.43 Å². The van der Waals surface area contributed by atoms with Gasteiger partial charge in [0.25, 0.3) is 5.91 Å². The molecule has 8 heteroatoms. The maximum absolute atomic E-state index is 11.1. The fourth-order valence-electron chi connectivity index (χ4n) is 0.913. The van der Waals surface area contributed by atoms with Crippen LogP contribution in [0, 0.1) is 0 Å². The molecule has 0 aliphatic carbocycles. The van der Waals surface area contributed by atoms with E-state index in [2.05, 4.69) is 10.3 Å². The third-order valence-electron chi connectivity index (χ3n) is 1.46. The lowest BCUT2D eigenvalue weighted by atomic mass is 10.4. The van der Waals surface area contributed by atoms with Crippen molar-refractivity contribution in [2.75, 3.05) is 6.61 Å². The summed E-state index contributed by atoms with van der Waals surface area (Å²) in [4.78, 5) is 36.5. The van der Waals surface area contributed by atoms with Crippen molar-refractivity contribution in [2.45, 2.75) is 13.2 Å². The number of aliphatic carboxylic acids is 1. The summed E-state index contributed by atoms with van der Waals surface area (Å²) in [6, 6.07) is 0. The van der Waals surface area contributed by atoms with Gasteiger partial charge in [-0.3, -0.25) is 4.79 Å². The van der Waals surface area contributed by atoms with Gasteiger partial charge in [-0.2, -0.15) is 5.43 Å². The van der Waals surface area contributed by atoms with Crippen LogP contribution in [0.3, 0.4) is 0 Å². The number of carbonyl (C=O) groups excluding carboxylic acids is 2. The van der Waals surface area contributed by atoms with E-state index in [1.54, 1.807) is 0 Å². The Morgan fingerprint density at radius 1 is 1.62 bits per heavy atom. The van der Waals surface area contributed by atoms with Crippen molar-refractivity contribution in [1.29, 1.82) is 0 Å². The maximum atomic E-state index is 11.1. The predicted octanol–water partition coefficient (Wildman–Crippen LogP) is -1.21. The van der Waals surface area contributed by atoms with E-state index in [1.165, 1.54) is 6.08 Å². The molecule has 0 saturated heterocycles. The van der Waals surface area contributed by atoms with E-state index in [1.807, 2.05) is 0 Å². The van der Waals surface area contributed by atoms with Gasteiger partial charge in [0.15, 0.2) is 0 Å². The first-order valence-electron chi connectivity index (χ1n) is 4.29. The SMILES string of the molecule is CC(=O)ON1NC(OCC(=O)O)C=CC1=O. The topological polar surface area (TPSA) is 105 Å². The lowest BCUT2D eigenvalue weighted by molar-refractivity contribution is -0.218. The van der Waals surface area contributed by atoms with Crippen LogP contribution >= 0.6 is 0 Å². The molecule has 0 radical (unpaired) electrons. The highest BCUT2D eigenvalue weighted by atomic mass is 16.7. The molecule has 0 fully saturated rings. The Hall–Kier alpha value is -1.93. The minimum absolute atomic E-state index is 0.538. The Labute approximate surface area is 90.3 Å². The summed E-state index contributed by atoms with van der Waals surface area (Å²) in [5.74, 6) is -2.43. The van der Waals surface area contributed by atoms with Crippen molar-refractivity contribution in [3.8, 4) is 0 Å². The molecule has 1 aliphatic rings. The van der Waals surface area contributed by atoms with Gasteiger partial charge in [0, 0.05) is 13.0 Å². The van der Waals surface area contributed by atoms with E-state index >= 15 is 0 Å². The predicted molar refractivity (Wildman–Crippen MR) is 48.3 cm³/mol. The van der Waals surface area contributed by atoms with Gasteiger partial charge >= 0.3 is 11.9 Å². The zero-order chi connectivity index (χ0) is 12.1. The van der Waals surface area contributed by atoms with E-state index in [0.717, 1.165) is 13.0 Å². The molecule has 1 amide bonds. The van der Waals surface area contributed by atoms with Crippen LogP contribution in [0.25, 0.3) is 0 Å². The third kappa shape index (κ3) is 3.67. The largest absolute Gasteiger partial charge is 0.480 e. The second-order valence-electron chi connectivity index (χ2n) is 2.83. The highest BCUT2D eigenvalue weighted by molar-refractivity contribution is 5.88. The van der Waals surface area contributed by atoms with Crippen LogP contribution in [-0.2, 0) is 24.0 Å². The molecule has 88 valence electrons. The zero-order valence-corrected chi connectivity index (χ0v) is 8.37. The second-order valence-corrected chi connectivity index (χ2v) is 2.83. The van der Waals surface area contributed by atoms with E-state index in [4.69, 9.17) is 9.84 Å². The first kappa shape index (κ1) is 12.1. The average molecular weight is 230 g/mol. The number of hydrogen-bond acceptors (Lipinski definition) is 6. The number of carboxylic acids is 1. The van der Waals surface area contributed by atoms with E-state index < -0.39 is 30.7 Å². The van der Waals surface area contributed by atoms with Gasteiger partial charge < -0.3 is 14.7 Å². The van der Waals surface area contributed by atoms with Crippen molar-refractivity contribution in [1.82, 2.24) is 10.6 Å². The Kier molecular flexibility index (Phi) is 3.97. The number of nitrogens with zero attached hydrogens (tertiary/aromatic N) is 1. The third-order valence-corrected chi connectivity index (χ3v) is 1.46. The van der Waals surface area contributed by atoms with Gasteiger partial charge in [-0.1, -0.05) is 5.17 Å². The summed E-state index contributed by atoms with van der Waals surface area (Å²) in [5.41, 5.74) is 2.36. The average Bonchev–Trinajstić information content (AvgIpc) is 2.18. The van der Waals surface area contributed by atoms with Gasteiger partial charge in [0.2, 0.25) is 0 Å². The normalized spacial score (nSPS) is 19.7. The van der Waals surface area contributed by atoms with Crippen LogP contribution in [0.15, 0.2) is 12.2 Å². The van der Waals surface area contributed by atoms with Gasteiger partial charge in [-0.25, -0.2) is 9.59 Å². The number of ether oxygens (including phenoxy) is 1. The fourth-order valence-corrected chi connectivity index (χ4v) is 0.913. The van der Waals surface area contributed by atoms with Crippen LogP contribution in [-0.4, -0.2) is 41.0 Å². The van der Waals surface area contributed by atoms with Crippen molar-refractivity contribution < 1.29 is 29.1 Å². The van der Waals surface area contributed by atoms with E-state index in [0.29, 0.717) is 5.17 Å². The summed E-state index contributed by atoms with van der Waals surface area (Å²) in [6.07, 6.45) is 1.57. The van der Waals surface area contributed by atoms with Crippen molar-refractivity contribution in [2.24, 2.45) is 0 Å². The molecule has 0 spiro atoms. The first-order valence-corrected chi connectivity index (χ1v) is 4.29. The number of rotatable bonds is 4. The molecule has 0 aromatic carbocycles. The van der Waals surface area contributed by atoms with Crippen LogP contribution in [0.4, 0.5) is 0 Å². The van der Waals surface area contributed by atoms with Gasteiger partial charge in [0.05, 0.1) is 0 Å². The summed E-state index contributed by atoms with van der Waals surface area (Å²) >= 11 is 0. The van der Waals surface area contributed by atoms with E-state index in [-0.39, 0.29) is 0 Å². The molecule has 1 heterocycles. The summed E-state index contributed by atoms with van der Waals surface area (Å²) in [5, 5.41) is 8.94. The number of carbonyl (C=O) groups is 3. The van der Waals surface area contributed by atoms with Crippen molar-refractivity contribution in [3.63, 3.8) is 0 Å². The molecule has 0 saturated carbocycles. The minimum atomic E-state index is -1.15. The maximum Gasteiger partial charge on any atom is 0.331 e. The lowest BCUT2D eigenvalue weighted by Gasteiger charge is -2.26. The second kappa shape index (κ2) is 5.24. The molecule has 0 aromatic rings. The highest BCUT2D eigenvalue weighted by Crippen LogP contribution is 2.02. The molecule has 1 rings (SSSR count). The molecule has 2 N–H and O–H groups in total. The number of carboxylic acid groups (broad SMARTS) is 1. The smallest absolute Gasteiger partial charge is 0.331 e. The van der Waals surface area contributed by atoms with Crippen LogP contribution in [0.1, 0.15) is 6.92 Å². The first-order chi connectivity index (χ1) is 7.49. The Bertz CT molecular complexity index is 339. The molecular weight excluding hydrogens is 220 g/mol. The lowest BCUT2D eigenvalue weighted by Crippen LogP contribution is -2.51. The van der Waals surface area contributed by atoms with Gasteiger partial charge in [0.1, 0.15) is 12.8 Å². The fraction of sp³-hybridized carbons (Fsp3) is 0.375. The molecule has 8 nitrogen and oxygen atoms in total. The summed E-state index contributed by atoms with van der Waals surface area (Å²) in [7, 11) is 0. The molecule has 0 bridgehead atoms. The molecule has 16 heavy (non-hydrogen) atoms. The number of hydroxylamine groups is 1. The van der Waals surface area contributed by atoms with Crippen molar-refractivity contribution in [3.05, 3.63) is 12.2 Å². The molecule has 1 unspecified atom stereocenters. The highest BCUT2D eigenvalue weighted by Gasteiger charge is 2.23. The number of hydrogen-bond donors (Lipinski definition) is 2. The minimum Gasteiger partial charge on any atom is -0.480 e. The number of amides is 1. The summed E-state index contributed by atoms with van der Waals surface area (Å²) < 4.78 is 4.82. The monoisotopic (exact) mass is 230 g/mol. The molecule has 1 aliphatic heterocycles. The number of nitrogens with one attached hydrogen (secondary N) is 1. The number of hydrazine groups is 1. The standard InChI is InChI=1S/C8H10N2O6/c1-5(11)16-10-7(12)3-2-6(9-10)15-4-8(13)14/h2-3,6,9H,4H2,1H3,(H,13,14). The van der Waals surface area contributed by atoms with Gasteiger partial charge in [-0.15, -0.1) is 0 Å².